The van der Waals surface area contributed by atoms with Gasteiger partial charge in [-0.05, 0) is 36.8 Å². The molecule has 2 aromatic carbocycles. The Morgan fingerprint density at radius 1 is 1.13 bits per heavy atom. The van der Waals surface area contributed by atoms with Crippen molar-refractivity contribution in [2.45, 2.75) is 24.8 Å². The highest BCUT2D eigenvalue weighted by atomic mass is 32.2. The summed E-state index contributed by atoms with van der Waals surface area (Å²) >= 11 is 0. The number of phenolic OH excluding ortho intramolecular Hbond substituents is 1. The lowest BCUT2D eigenvalue weighted by atomic mass is 10.2. The molecular formula is C16H19NO5S. The zero-order chi connectivity index (χ0) is 16.9. The van der Waals surface area contributed by atoms with Crippen LogP contribution in [0.5, 0.6) is 11.5 Å². The van der Waals surface area contributed by atoms with Gasteiger partial charge in [0.2, 0.25) is 0 Å². The second-order valence-electron chi connectivity index (χ2n) is 4.89. The van der Waals surface area contributed by atoms with E-state index in [4.69, 9.17) is 4.74 Å². The van der Waals surface area contributed by atoms with Gasteiger partial charge in [-0.2, -0.15) is 0 Å². The number of rotatable bonds is 7. The van der Waals surface area contributed by atoms with Crippen molar-refractivity contribution in [1.82, 2.24) is 0 Å². The van der Waals surface area contributed by atoms with Crippen molar-refractivity contribution in [2.24, 2.45) is 0 Å². The molecule has 23 heavy (non-hydrogen) atoms. The van der Waals surface area contributed by atoms with Crippen molar-refractivity contribution >= 4 is 15.7 Å². The van der Waals surface area contributed by atoms with Crippen molar-refractivity contribution in [3.63, 3.8) is 0 Å². The fourth-order valence-corrected chi connectivity index (χ4v) is 3.08. The van der Waals surface area contributed by atoms with E-state index in [2.05, 4.69) is 4.72 Å². The van der Waals surface area contributed by atoms with Crippen LogP contribution in [-0.2, 0) is 16.6 Å². The molecule has 2 aromatic rings. The Morgan fingerprint density at radius 2 is 1.83 bits per heavy atom. The fourth-order valence-electron chi connectivity index (χ4n) is 1.96. The van der Waals surface area contributed by atoms with Crippen LogP contribution in [0.4, 0.5) is 5.69 Å². The molecule has 0 unspecified atom stereocenters. The van der Waals surface area contributed by atoms with Gasteiger partial charge in [-0.25, -0.2) is 8.42 Å². The molecule has 124 valence electrons. The first kappa shape index (κ1) is 17.1. The predicted octanol–water partition coefficient (Wildman–Crippen LogP) is 2.47. The van der Waals surface area contributed by atoms with E-state index in [-0.39, 0.29) is 21.9 Å². The summed E-state index contributed by atoms with van der Waals surface area (Å²) in [5.74, 6) is 0.340. The molecule has 0 spiro atoms. The van der Waals surface area contributed by atoms with Gasteiger partial charge in [0.05, 0.1) is 23.8 Å². The van der Waals surface area contributed by atoms with Crippen molar-refractivity contribution in [3.8, 4) is 11.5 Å². The van der Waals surface area contributed by atoms with E-state index < -0.39 is 16.6 Å². The number of aromatic hydroxyl groups is 1. The number of hydrogen-bond donors (Lipinski definition) is 3. The second-order valence-corrected chi connectivity index (χ2v) is 6.58. The first-order chi connectivity index (χ1) is 11.0. The Hall–Kier alpha value is -2.25. The SMILES string of the molecule is CCCOc1ccc(S(=O)(=O)Nc2c(O)cccc2CO)cc1. The first-order valence-corrected chi connectivity index (χ1v) is 8.63. The average molecular weight is 337 g/mol. The minimum Gasteiger partial charge on any atom is -0.506 e. The standard InChI is InChI=1S/C16H19NO5S/c1-2-10-22-13-6-8-14(9-7-13)23(20,21)17-16-12(11-18)4-3-5-15(16)19/h3-9,17-19H,2,10-11H2,1H3. The van der Waals surface area contributed by atoms with Crippen LogP contribution >= 0.6 is 0 Å². The lowest BCUT2D eigenvalue weighted by Crippen LogP contribution is -2.14. The monoisotopic (exact) mass is 337 g/mol. The lowest BCUT2D eigenvalue weighted by Gasteiger charge is -2.13. The molecule has 6 nitrogen and oxygen atoms in total. The van der Waals surface area contributed by atoms with Gasteiger partial charge in [0.1, 0.15) is 11.5 Å². The smallest absolute Gasteiger partial charge is 0.262 e. The average Bonchev–Trinajstić information content (AvgIpc) is 2.55. The van der Waals surface area contributed by atoms with E-state index in [1.165, 1.54) is 30.3 Å². The van der Waals surface area contributed by atoms with E-state index in [0.29, 0.717) is 12.4 Å². The number of phenols is 1. The van der Waals surface area contributed by atoms with Gasteiger partial charge >= 0.3 is 0 Å². The summed E-state index contributed by atoms with van der Waals surface area (Å²) in [5, 5.41) is 19.1. The summed E-state index contributed by atoms with van der Waals surface area (Å²) in [6.07, 6.45) is 0.860. The Balaban J connectivity index is 2.26. The predicted molar refractivity (Wildman–Crippen MR) is 87.1 cm³/mol. The lowest BCUT2D eigenvalue weighted by molar-refractivity contribution is 0.282. The maximum atomic E-state index is 12.4. The molecule has 0 saturated carbocycles. The number of hydrogen-bond acceptors (Lipinski definition) is 5. The summed E-state index contributed by atoms with van der Waals surface area (Å²) < 4.78 is 32.5. The number of ether oxygens (including phenoxy) is 1. The summed E-state index contributed by atoms with van der Waals surface area (Å²) in [5.41, 5.74) is 0.262. The molecule has 0 heterocycles. The Bertz CT molecular complexity index is 757. The van der Waals surface area contributed by atoms with Gasteiger partial charge < -0.3 is 14.9 Å². The molecule has 0 bridgehead atoms. The number of para-hydroxylation sites is 1. The van der Waals surface area contributed by atoms with E-state index in [0.717, 1.165) is 6.42 Å². The highest BCUT2D eigenvalue weighted by molar-refractivity contribution is 7.92. The van der Waals surface area contributed by atoms with Crippen LogP contribution < -0.4 is 9.46 Å². The van der Waals surface area contributed by atoms with E-state index in [1.54, 1.807) is 12.1 Å². The van der Waals surface area contributed by atoms with E-state index >= 15 is 0 Å². The highest BCUT2D eigenvalue weighted by Crippen LogP contribution is 2.30. The maximum Gasteiger partial charge on any atom is 0.262 e. The number of aliphatic hydroxyl groups excluding tert-OH is 1. The molecule has 0 saturated heterocycles. The molecule has 7 heteroatoms. The van der Waals surface area contributed by atoms with E-state index in [9.17, 15) is 18.6 Å². The van der Waals surface area contributed by atoms with Gasteiger partial charge in [0, 0.05) is 5.56 Å². The van der Waals surface area contributed by atoms with Gasteiger partial charge in [-0.3, -0.25) is 4.72 Å². The molecule has 3 N–H and O–H groups in total. The maximum absolute atomic E-state index is 12.4. The van der Waals surface area contributed by atoms with Gasteiger partial charge in [-0.15, -0.1) is 0 Å². The van der Waals surface area contributed by atoms with Crippen molar-refractivity contribution in [2.75, 3.05) is 11.3 Å². The number of benzene rings is 2. The summed E-state index contributed by atoms with van der Waals surface area (Å²) in [6.45, 7) is 2.14. The minimum absolute atomic E-state index is 0.0266. The minimum atomic E-state index is -3.88. The van der Waals surface area contributed by atoms with Gasteiger partial charge in [0.15, 0.2) is 0 Å². The quantitative estimate of drug-likeness (QED) is 0.675. The molecule has 0 aliphatic rings. The summed E-state index contributed by atoms with van der Waals surface area (Å²) in [7, 11) is -3.88. The van der Waals surface area contributed by atoms with Crippen LogP contribution in [-0.4, -0.2) is 25.2 Å². The summed E-state index contributed by atoms with van der Waals surface area (Å²) in [4.78, 5) is 0.0356. The molecule has 0 radical (unpaired) electrons. The van der Waals surface area contributed by atoms with Crippen LogP contribution in [0.1, 0.15) is 18.9 Å². The van der Waals surface area contributed by atoms with Crippen LogP contribution in [0.2, 0.25) is 0 Å². The number of anilines is 1. The number of sulfonamides is 1. The molecule has 0 fully saturated rings. The van der Waals surface area contributed by atoms with Gasteiger partial charge in [0.25, 0.3) is 10.0 Å². The molecule has 0 aliphatic carbocycles. The van der Waals surface area contributed by atoms with Gasteiger partial charge in [-0.1, -0.05) is 19.1 Å². The van der Waals surface area contributed by atoms with Crippen LogP contribution in [0.3, 0.4) is 0 Å². The highest BCUT2D eigenvalue weighted by Gasteiger charge is 2.18. The van der Waals surface area contributed by atoms with Crippen LogP contribution in [0.15, 0.2) is 47.4 Å². The molecule has 0 aromatic heterocycles. The molecule has 2 rings (SSSR count). The Morgan fingerprint density at radius 3 is 2.43 bits per heavy atom. The largest absolute Gasteiger partial charge is 0.506 e. The zero-order valence-corrected chi connectivity index (χ0v) is 13.5. The molecule has 0 atom stereocenters. The summed E-state index contributed by atoms with van der Waals surface area (Å²) in [6, 6.07) is 10.4. The Labute approximate surface area is 135 Å². The third-order valence-corrected chi connectivity index (χ3v) is 4.51. The number of aliphatic hydroxyl groups is 1. The molecule has 0 aliphatic heterocycles. The number of nitrogens with one attached hydrogen (secondary N) is 1. The third kappa shape index (κ3) is 4.14. The topological polar surface area (TPSA) is 95.9 Å². The normalized spacial score (nSPS) is 11.2. The zero-order valence-electron chi connectivity index (χ0n) is 12.7. The van der Waals surface area contributed by atoms with E-state index in [1.807, 2.05) is 6.92 Å². The first-order valence-electron chi connectivity index (χ1n) is 7.15. The second kappa shape index (κ2) is 7.34. The molecule has 0 amide bonds. The van der Waals surface area contributed by atoms with Crippen LogP contribution in [0, 0.1) is 0 Å². The third-order valence-electron chi connectivity index (χ3n) is 3.14. The van der Waals surface area contributed by atoms with Crippen LogP contribution in [0.25, 0.3) is 0 Å². The molecular weight excluding hydrogens is 318 g/mol. The van der Waals surface area contributed by atoms with Crippen molar-refractivity contribution in [3.05, 3.63) is 48.0 Å². The van der Waals surface area contributed by atoms with Crippen molar-refractivity contribution in [1.29, 1.82) is 0 Å². The fraction of sp³-hybridized carbons (Fsp3) is 0.250. The Kier molecular flexibility index (Phi) is 5.46. The van der Waals surface area contributed by atoms with Crippen molar-refractivity contribution < 1.29 is 23.4 Å².